The van der Waals surface area contributed by atoms with Crippen molar-refractivity contribution in [3.63, 3.8) is 0 Å². The summed E-state index contributed by atoms with van der Waals surface area (Å²) in [4.78, 5) is 0. The fourth-order valence-corrected chi connectivity index (χ4v) is 3.15. The molecule has 0 bridgehead atoms. The molecule has 0 spiro atoms. The molecule has 1 aromatic carbocycles. The summed E-state index contributed by atoms with van der Waals surface area (Å²) < 4.78 is 11.4. The molecular weight excluding hydrogens is 328 g/mol. The molecule has 2 aromatic rings. The van der Waals surface area contributed by atoms with Crippen LogP contribution >= 0.6 is 0 Å². The molecule has 0 saturated carbocycles. The highest BCUT2D eigenvalue weighted by Gasteiger charge is 2.17. The quantitative estimate of drug-likeness (QED) is 0.817. The van der Waals surface area contributed by atoms with Gasteiger partial charge in [0, 0.05) is 18.4 Å². The van der Waals surface area contributed by atoms with Crippen LogP contribution in [0.5, 0.6) is 5.75 Å². The Labute approximate surface area is 154 Å². The minimum absolute atomic E-state index is 0.177. The normalized spacial score (nSPS) is 16.3. The van der Waals surface area contributed by atoms with E-state index in [0.29, 0.717) is 18.0 Å². The van der Waals surface area contributed by atoms with Crippen molar-refractivity contribution in [1.29, 1.82) is 5.26 Å². The molecule has 1 aliphatic heterocycles. The number of aromatic nitrogens is 2. The summed E-state index contributed by atoms with van der Waals surface area (Å²) in [6.07, 6.45) is 3.83. The predicted molar refractivity (Wildman–Crippen MR) is 99.7 cm³/mol. The van der Waals surface area contributed by atoms with Crippen LogP contribution in [0.3, 0.4) is 0 Å². The topological polar surface area (TPSA) is 80.1 Å². The van der Waals surface area contributed by atoms with E-state index in [1.807, 2.05) is 38.1 Å². The van der Waals surface area contributed by atoms with Crippen molar-refractivity contribution < 1.29 is 9.47 Å². The molecule has 6 heteroatoms. The van der Waals surface area contributed by atoms with Crippen LogP contribution in [-0.2, 0) is 17.6 Å². The van der Waals surface area contributed by atoms with E-state index >= 15 is 0 Å². The first-order valence-corrected chi connectivity index (χ1v) is 9.15. The lowest BCUT2D eigenvalue weighted by molar-refractivity contribution is 0.0680. The van der Waals surface area contributed by atoms with Gasteiger partial charge in [-0.2, -0.15) is 10.4 Å². The molecule has 1 unspecified atom stereocenters. The molecule has 0 aliphatic carbocycles. The van der Waals surface area contributed by atoms with E-state index < -0.39 is 0 Å². The number of nitrogens with one attached hydrogen (secondary N) is 1. The number of nitrogens with zero attached hydrogens (tertiary/aromatic N) is 3. The summed E-state index contributed by atoms with van der Waals surface area (Å²) in [6, 6.07) is 9.91. The van der Waals surface area contributed by atoms with Gasteiger partial charge in [0.15, 0.2) is 5.82 Å². The van der Waals surface area contributed by atoms with Gasteiger partial charge in [-0.1, -0.05) is 19.9 Å². The molecule has 1 saturated heterocycles. The molecule has 1 aromatic heterocycles. The van der Waals surface area contributed by atoms with Gasteiger partial charge in [0.05, 0.1) is 11.8 Å². The van der Waals surface area contributed by atoms with Gasteiger partial charge >= 0.3 is 0 Å². The third-order valence-electron chi connectivity index (χ3n) is 4.51. The Morgan fingerprint density at radius 1 is 1.31 bits per heavy atom. The third kappa shape index (κ3) is 4.12. The van der Waals surface area contributed by atoms with Crippen LogP contribution in [0.1, 0.15) is 43.5 Å². The summed E-state index contributed by atoms with van der Waals surface area (Å²) in [5.41, 5.74) is 3.21. The van der Waals surface area contributed by atoms with E-state index in [2.05, 4.69) is 21.6 Å². The maximum Gasteiger partial charge on any atom is 0.171 e. The predicted octanol–water partition coefficient (Wildman–Crippen LogP) is 3.77. The Kier molecular flexibility index (Phi) is 6.03. The lowest BCUT2D eigenvalue weighted by Gasteiger charge is -2.14. The van der Waals surface area contributed by atoms with Crippen molar-refractivity contribution in [2.24, 2.45) is 0 Å². The highest BCUT2D eigenvalue weighted by molar-refractivity contribution is 5.65. The largest absolute Gasteiger partial charge is 0.491 e. The molecule has 136 valence electrons. The highest BCUT2D eigenvalue weighted by atomic mass is 16.5. The van der Waals surface area contributed by atoms with Gasteiger partial charge in [0.1, 0.15) is 24.0 Å². The van der Waals surface area contributed by atoms with Gasteiger partial charge < -0.3 is 14.8 Å². The monoisotopic (exact) mass is 352 g/mol. The first-order chi connectivity index (χ1) is 12.7. The fourth-order valence-electron chi connectivity index (χ4n) is 3.15. The van der Waals surface area contributed by atoms with Gasteiger partial charge in [-0.25, -0.2) is 0 Å². The molecule has 0 amide bonds. The van der Waals surface area contributed by atoms with Gasteiger partial charge in [-0.3, -0.25) is 0 Å². The zero-order valence-corrected chi connectivity index (χ0v) is 15.3. The molecule has 1 fully saturated rings. The average Bonchev–Trinajstić information content (AvgIpc) is 3.20. The second-order valence-electron chi connectivity index (χ2n) is 6.27. The van der Waals surface area contributed by atoms with Gasteiger partial charge in [-0.05, 0) is 43.4 Å². The lowest BCUT2D eigenvalue weighted by atomic mass is 10.0. The molecule has 1 atom stereocenters. The van der Waals surface area contributed by atoms with Crippen molar-refractivity contribution in [2.45, 2.75) is 45.6 Å². The van der Waals surface area contributed by atoms with E-state index in [9.17, 15) is 5.26 Å². The Morgan fingerprint density at radius 2 is 2.19 bits per heavy atom. The number of aryl methyl sites for hydroxylation is 1. The number of rotatable bonds is 7. The number of anilines is 2. The van der Waals surface area contributed by atoms with E-state index in [-0.39, 0.29) is 6.10 Å². The number of hydrogen-bond donors (Lipinski definition) is 1. The smallest absolute Gasteiger partial charge is 0.171 e. The van der Waals surface area contributed by atoms with Gasteiger partial charge in [-0.15, -0.1) is 5.10 Å². The second kappa shape index (κ2) is 8.63. The molecule has 6 nitrogen and oxygen atoms in total. The minimum atomic E-state index is 0.177. The van der Waals surface area contributed by atoms with Crippen molar-refractivity contribution in [3.8, 4) is 11.8 Å². The highest BCUT2D eigenvalue weighted by Crippen LogP contribution is 2.26. The van der Waals surface area contributed by atoms with E-state index in [4.69, 9.17) is 9.47 Å². The number of ether oxygens (including phenoxy) is 2. The van der Waals surface area contributed by atoms with E-state index in [1.165, 1.54) is 0 Å². The molecule has 0 radical (unpaired) electrons. The summed E-state index contributed by atoms with van der Waals surface area (Å²) in [6.45, 7) is 5.42. The van der Waals surface area contributed by atoms with Crippen LogP contribution in [0, 0.1) is 11.3 Å². The van der Waals surface area contributed by atoms with Crippen LogP contribution < -0.4 is 10.1 Å². The average molecular weight is 352 g/mol. The third-order valence-corrected chi connectivity index (χ3v) is 4.51. The van der Waals surface area contributed by atoms with Crippen molar-refractivity contribution >= 4 is 11.5 Å². The molecule has 3 rings (SSSR count). The van der Waals surface area contributed by atoms with Crippen molar-refractivity contribution in [3.05, 3.63) is 41.1 Å². The van der Waals surface area contributed by atoms with Crippen LogP contribution in [-0.4, -0.2) is 29.5 Å². The first-order valence-electron chi connectivity index (χ1n) is 9.15. The minimum Gasteiger partial charge on any atom is -0.491 e. The molecular formula is C20H24N4O2. The van der Waals surface area contributed by atoms with Gasteiger partial charge in [0.25, 0.3) is 0 Å². The Hall–Kier alpha value is -2.65. The zero-order chi connectivity index (χ0) is 18.4. The number of nitriles is 1. The van der Waals surface area contributed by atoms with Crippen LogP contribution in [0.15, 0.2) is 24.3 Å². The van der Waals surface area contributed by atoms with E-state index in [0.717, 1.165) is 55.0 Å². The molecule has 26 heavy (non-hydrogen) atoms. The van der Waals surface area contributed by atoms with Crippen molar-refractivity contribution in [2.75, 3.05) is 18.5 Å². The van der Waals surface area contributed by atoms with Crippen molar-refractivity contribution in [1.82, 2.24) is 10.2 Å². The molecule has 2 heterocycles. The standard InChI is InChI=1S/C20H24N4O2/c1-3-17-18(12-21)20(24-23-19(17)4-2)22-14-7-5-8-15(11-14)26-13-16-9-6-10-25-16/h5,7-8,11,16H,3-4,6,9-10,13H2,1-2H3,(H,22,24). The van der Waals surface area contributed by atoms with Crippen LogP contribution in [0.25, 0.3) is 0 Å². The Morgan fingerprint density at radius 3 is 2.88 bits per heavy atom. The Balaban J connectivity index is 1.76. The molecule has 1 aliphatic rings. The maximum absolute atomic E-state index is 9.59. The molecule has 1 N–H and O–H groups in total. The summed E-state index contributed by atoms with van der Waals surface area (Å²) in [5.74, 6) is 1.25. The lowest BCUT2D eigenvalue weighted by Crippen LogP contribution is -2.16. The van der Waals surface area contributed by atoms with E-state index in [1.54, 1.807) is 0 Å². The second-order valence-corrected chi connectivity index (χ2v) is 6.27. The summed E-state index contributed by atoms with van der Waals surface area (Å²) >= 11 is 0. The SMILES string of the molecule is CCc1nnc(Nc2cccc(OCC3CCCO3)c2)c(C#N)c1CC. The first kappa shape index (κ1) is 18.2. The number of benzene rings is 1. The van der Waals surface area contributed by atoms with Gasteiger partial charge in [0.2, 0.25) is 0 Å². The zero-order valence-electron chi connectivity index (χ0n) is 15.3. The van der Waals surface area contributed by atoms with Crippen LogP contribution in [0.2, 0.25) is 0 Å². The number of hydrogen-bond acceptors (Lipinski definition) is 6. The summed E-state index contributed by atoms with van der Waals surface area (Å²) in [5, 5.41) is 21.3. The van der Waals surface area contributed by atoms with Crippen LogP contribution in [0.4, 0.5) is 11.5 Å². The summed E-state index contributed by atoms with van der Waals surface area (Å²) in [7, 11) is 0. The Bertz CT molecular complexity index is 795. The maximum atomic E-state index is 9.59. The fraction of sp³-hybridized carbons (Fsp3) is 0.450.